The fourth-order valence-corrected chi connectivity index (χ4v) is 2.94. The van der Waals surface area contributed by atoms with E-state index >= 15 is 0 Å². The number of anilines is 2. The number of ether oxygens (including phenoxy) is 1. The molecule has 1 saturated carbocycles. The highest BCUT2D eigenvalue weighted by Crippen LogP contribution is 2.38. The molecule has 0 radical (unpaired) electrons. The maximum absolute atomic E-state index is 5.98. The Labute approximate surface area is 122 Å². The zero-order valence-corrected chi connectivity index (χ0v) is 13.1. The minimum atomic E-state index is 0.311. The molecule has 20 heavy (non-hydrogen) atoms. The van der Waals surface area contributed by atoms with Crippen molar-refractivity contribution in [2.75, 3.05) is 44.9 Å². The number of nitrogens with two attached hydrogens (primary N) is 1. The van der Waals surface area contributed by atoms with Gasteiger partial charge in [0.2, 0.25) is 0 Å². The average molecular weight is 277 g/mol. The molecule has 1 aromatic rings. The molecule has 2 N–H and O–H groups in total. The van der Waals surface area contributed by atoms with Crippen LogP contribution < -0.4 is 15.4 Å². The molecule has 0 bridgehead atoms. The van der Waals surface area contributed by atoms with Gasteiger partial charge in [-0.3, -0.25) is 0 Å². The van der Waals surface area contributed by atoms with Crippen molar-refractivity contribution in [1.82, 2.24) is 4.90 Å². The first kappa shape index (κ1) is 15.0. The van der Waals surface area contributed by atoms with Crippen molar-refractivity contribution >= 4 is 11.4 Å². The minimum absolute atomic E-state index is 0.311. The zero-order chi connectivity index (χ0) is 14.8. The van der Waals surface area contributed by atoms with Crippen molar-refractivity contribution in [1.29, 1.82) is 0 Å². The van der Waals surface area contributed by atoms with Crippen LogP contribution in [0, 0.1) is 0 Å². The molecule has 0 unspecified atom stereocenters. The highest BCUT2D eigenvalue weighted by atomic mass is 16.5. The van der Waals surface area contributed by atoms with E-state index in [9.17, 15) is 0 Å². The van der Waals surface area contributed by atoms with Crippen LogP contribution in [-0.4, -0.2) is 44.7 Å². The molecule has 0 aromatic heterocycles. The number of likely N-dealkylation sites (N-methyl/N-ethyl adjacent to an activating group) is 2. The van der Waals surface area contributed by atoms with Crippen LogP contribution >= 0.6 is 0 Å². The fourth-order valence-electron chi connectivity index (χ4n) is 2.94. The first-order chi connectivity index (χ1) is 9.47. The third-order valence-electron chi connectivity index (χ3n) is 4.43. The molecule has 1 aliphatic rings. The summed E-state index contributed by atoms with van der Waals surface area (Å²) in [6, 6.07) is 5.97. The Balaban J connectivity index is 2.14. The first-order valence-corrected chi connectivity index (χ1v) is 7.39. The van der Waals surface area contributed by atoms with Crippen molar-refractivity contribution in [3.8, 4) is 5.75 Å². The van der Waals surface area contributed by atoms with E-state index in [-0.39, 0.29) is 0 Å². The van der Waals surface area contributed by atoms with Crippen LogP contribution in [0.25, 0.3) is 0 Å². The molecule has 0 amide bonds. The molecule has 1 fully saturated rings. The van der Waals surface area contributed by atoms with Gasteiger partial charge in [0.15, 0.2) is 0 Å². The Hall–Kier alpha value is -1.42. The summed E-state index contributed by atoms with van der Waals surface area (Å²) in [7, 11) is 6.49. The van der Waals surface area contributed by atoms with E-state index in [0.29, 0.717) is 12.1 Å². The Morgan fingerprint density at radius 2 is 1.90 bits per heavy atom. The summed E-state index contributed by atoms with van der Waals surface area (Å²) in [5.41, 5.74) is 8.17. The monoisotopic (exact) mass is 277 g/mol. The highest BCUT2D eigenvalue weighted by Gasteiger charge is 2.39. The summed E-state index contributed by atoms with van der Waals surface area (Å²) in [4.78, 5) is 4.65. The summed E-state index contributed by atoms with van der Waals surface area (Å²) in [5.74, 6) is 0.849. The second-order valence-corrected chi connectivity index (χ2v) is 6.02. The lowest BCUT2D eigenvalue weighted by atomic mass is 9.75. The molecule has 112 valence electrons. The van der Waals surface area contributed by atoms with Crippen molar-refractivity contribution in [2.45, 2.75) is 31.7 Å². The van der Waals surface area contributed by atoms with Gasteiger partial charge in [0, 0.05) is 42.6 Å². The molecule has 2 rings (SSSR count). The quantitative estimate of drug-likeness (QED) is 0.812. The van der Waals surface area contributed by atoms with Crippen LogP contribution in [0.15, 0.2) is 18.2 Å². The number of benzene rings is 1. The molecule has 0 spiro atoms. The van der Waals surface area contributed by atoms with Gasteiger partial charge in [-0.1, -0.05) is 0 Å². The topological polar surface area (TPSA) is 41.7 Å². The van der Waals surface area contributed by atoms with Crippen molar-refractivity contribution in [2.24, 2.45) is 0 Å². The molecular formula is C16H27N3O. The van der Waals surface area contributed by atoms with Gasteiger partial charge in [0.1, 0.15) is 5.75 Å². The zero-order valence-electron chi connectivity index (χ0n) is 13.1. The van der Waals surface area contributed by atoms with Crippen LogP contribution in [0.2, 0.25) is 0 Å². The van der Waals surface area contributed by atoms with Crippen molar-refractivity contribution in [3.05, 3.63) is 18.2 Å². The minimum Gasteiger partial charge on any atom is -0.494 e. The van der Waals surface area contributed by atoms with Crippen LogP contribution in [0.3, 0.4) is 0 Å². The Morgan fingerprint density at radius 1 is 1.20 bits per heavy atom. The van der Waals surface area contributed by atoms with E-state index in [1.807, 2.05) is 19.1 Å². The molecule has 1 aromatic carbocycles. The molecular weight excluding hydrogens is 250 g/mol. The van der Waals surface area contributed by atoms with Gasteiger partial charge in [-0.15, -0.1) is 0 Å². The SMILES string of the molecule is CCOc1cc(N)cc(N(C)CC2(N(C)C)CCC2)c1. The normalized spacial score (nSPS) is 16.9. The van der Waals surface area contributed by atoms with E-state index < -0.39 is 0 Å². The maximum atomic E-state index is 5.98. The number of rotatable bonds is 6. The fraction of sp³-hybridized carbons (Fsp3) is 0.625. The van der Waals surface area contributed by atoms with Crippen LogP contribution in [0.1, 0.15) is 26.2 Å². The lowest BCUT2D eigenvalue weighted by molar-refractivity contribution is 0.0683. The highest BCUT2D eigenvalue weighted by molar-refractivity contribution is 5.60. The predicted octanol–water partition coefficient (Wildman–Crippen LogP) is 2.59. The van der Waals surface area contributed by atoms with Crippen molar-refractivity contribution < 1.29 is 4.74 Å². The summed E-state index contributed by atoms with van der Waals surface area (Å²) in [6.45, 7) is 3.67. The van der Waals surface area contributed by atoms with Gasteiger partial charge in [0.05, 0.1) is 6.61 Å². The standard InChI is InChI=1S/C16H27N3O/c1-5-20-15-10-13(17)9-14(11-15)19(4)12-16(18(2)3)7-6-8-16/h9-11H,5-8,12,17H2,1-4H3. The van der Waals surface area contributed by atoms with E-state index in [4.69, 9.17) is 10.5 Å². The van der Waals surface area contributed by atoms with E-state index in [1.165, 1.54) is 19.3 Å². The first-order valence-electron chi connectivity index (χ1n) is 7.39. The summed E-state index contributed by atoms with van der Waals surface area (Å²) in [5, 5.41) is 0. The summed E-state index contributed by atoms with van der Waals surface area (Å²) >= 11 is 0. The second-order valence-electron chi connectivity index (χ2n) is 6.02. The van der Waals surface area contributed by atoms with Gasteiger partial charge in [-0.25, -0.2) is 0 Å². The summed E-state index contributed by atoms with van der Waals surface area (Å²) < 4.78 is 5.58. The number of hydrogen-bond acceptors (Lipinski definition) is 4. The number of hydrogen-bond donors (Lipinski definition) is 1. The Morgan fingerprint density at radius 3 is 2.40 bits per heavy atom. The molecule has 0 heterocycles. The maximum Gasteiger partial charge on any atom is 0.123 e. The predicted molar refractivity (Wildman–Crippen MR) is 85.6 cm³/mol. The second kappa shape index (κ2) is 5.92. The van der Waals surface area contributed by atoms with Gasteiger partial charge < -0.3 is 20.3 Å². The van der Waals surface area contributed by atoms with Gasteiger partial charge >= 0.3 is 0 Å². The van der Waals surface area contributed by atoms with Crippen LogP contribution in [0.5, 0.6) is 5.75 Å². The van der Waals surface area contributed by atoms with Crippen LogP contribution in [0.4, 0.5) is 11.4 Å². The Bertz CT molecular complexity index is 455. The largest absolute Gasteiger partial charge is 0.494 e. The van der Waals surface area contributed by atoms with Crippen LogP contribution in [-0.2, 0) is 0 Å². The van der Waals surface area contributed by atoms with Gasteiger partial charge in [-0.05, 0) is 46.3 Å². The van der Waals surface area contributed by atoms with Gasteiger partial charge in [-0.2, -0.15) is 0 Å². The molecule has 0 atom stereocenters. The smallest absolute Gasteiger partial charge is 0.123 e. The molecule has 4 nitrogen and oxygen atoms in total. The third kappa shape index (κ3) is 3.01. The lowest BCUT2D eigenvalue weighted by Crippen LogP contribution is -2.56. The third-order valence-corrected chi connectivity index (χ3v) is 4.43. The average Bonchev–Trinajstić information content (AvgIpc) is 2.32. The molecule has 1 aliphatic carbocycles. The molecule has 0 saturated heterocycles. The number of nitrogens with zero attached hydrogens (tertiary/aromatic N) is 2. The summed E-state index contributed by atoms with van der Waals surface area (Å²) in [6.07, 6.45) is 3.86. The molecule has 4 heteroatoms. The number of nitrogen functional groups attached to an aromatic ring is 1. The Kier molecular flexibility index (Phi) is 4.43. The van der Waals surface area contributed by atoms with Gasteiger partial charge in [0.25, 0.3) is 0 Å². The van der Waals surface area contributed by atoms with E-state index in [2.05, 4.69) is 37.0 Å². The molecule has 0 aliphatic heterocycles. The van der Waals surface area contributed by atoms with E-state index in [0.717, 1.165) is 23.7 Å². The van der Waals surface area contributed by atoms with Crippen molar-refractivity contribution in [3.63, 3.8) is 0 Å². The lowest BCUT2D eigenvalue weighted by Gasteiger charge is -2.49. The van der Waals surface area contributed by atoms with E-state index in [1.54, 1.807) is 0 Å².